The van der Waals surface area contributed by atoms with Crippen molar-refractivity contribution in [2.75, 3.05) is 5.73 Å². The van der Waals surface area contributed by atoms with Crippen LogP contribution in [0.15, 0.2) is 0 Å². The molecule has 2 nitrogen and oxygen atoms in total. The molecule has 1 aromatic rings. The van der Waals surface area contributed by atoms with Crippen LogP contribution in [-0.4, -0.2) is 4.98 Å². The Kier molecular flexibility index (Phi) is 2.65. The molecule has 0 spiro atoms. The van der Waals surface area contributed by atoms with Crippen molar-refractivity contribution in [3.05, 3.63) is 10.7 Å². The zero-order chi connectivity index (χ0) is 11.1. The van der Waals surface area contributed by atoms with E-state index in [2.05, 4.69) is 46.5 Å². The Bertz CT molecular complexity index is 326. The molecule has 0 atom stereocenters. The topological polar surface area (TPSA) is 38.9 Å². The largest absolute Gasteiger partial charge is 0.389 e. The number of aromatic nitrogens is 1. The van der Waals surface area contributed by atoms with Crippen LogP contribution in [-0.2, 0) is 10.8 Å². The molecule has 1 heterocycles. The van der Waals surface area contributed by atoms with E-state index in [0.29, 0.717) is 0 Å². The van der Waals surface area contributed by atoms with Gasteiger partial charge in [-0.2, -0.15) is 0 Å². The van der Waals surface area contributed by atoms with Crippen LogP contribution in [0.3, 0.4) is 0 Å². The minimum absolute atomic E-state index is 0.0457. The van der Waals surface area contributed by atoms with Crippen molar-refractivity contribution >= 4 is 16.3 Å². The Morgan fingerprint density at radius 2 is 1.50 bits per heavy atom. The molecule has 80 valence electrons. The second kappa shape index (κ2) is 3.23. The minimum Gasteiger partial charge on any atom is -0.389 e. The molecule has 0 aliphatic carbocycles. The fraction of sp³-hybridized carbons (Fsp3) is 0.727. The summed E-state index contributed by atoms with van der Waals surface area (Å²) in [7, 11) is 0. The Morgan fingerprint density at radius 3 is 1.71 bits per heavy atom. The second-order valence-electron chi connectivity index (χ2n) is 5.73. The lowest BCUT2D eigenvalue weighted by Gasteiger charge is -2.17. The molecule has 0 aliphatic rings. The van der Waals surface area contributed by atoms with Gasteiger partial charge in [0.15, 0.2) is 0 Å². The molecule has 3 heteroatoms. The number of nitrogens with two attached hydrogens (primary N) is 1. The van der Waals surface area contributed by atoms with Gasteiger partial charge < -0.3 is 5.73 Å². The van der Waals surface area contributed by atoms with Gasteiger partial charge >= 0.3 is 0 Å². The number of thiazole rings is 1. The number of anilines is 1. The highest BCUT2D eigenvalue weighted by Gasteiger charge is 2.26. The van der Waals surface area contributed by atoms with Gasteiger partial charge in [0.2, 0.25) is 0 Å². The van der Waals surface area contributed by atoms with Gasteiger partial charge in [0.1, 0.15) is 10.0 Å². The molecular formula is C11H20N2S. The van der Waals surface area contributed by atoms with Crippen molar-refractivity contribution in [1.82, 2.24) is 4.98 Å². The van der Waals surface area contributed by atoms with E-state index >= 15 is 0 Å². The molecule has 0 amide bonds. The van der Waals surface area contributed by atoms with Gasteiger partial charge in [0.05, 0.1) is 5.69 Å². The van der Waals surface area contributed by atoms with E-state index in [0.717, 1.165) is 15.7 Å². The summed E-state index contributed by atoms with van der Waals surface area (Å²) in [5.41, 5.74) is 7.16. The standard InChI is InChI=1S/C11H20N2S/c1-10(2,3)7-8(12)14-9(13-7)11(4,5)6/h12H2,1-6H3. The maximum Gasteiger partial charge on any atom is 0.110 e. The number of hydrogen-bond donors (Lipinski definition) is 1. The van der Waals surface area contributed by atoms with Crippen molar-refractivity contribution in [3.63, 3.8) is 0 Å². The normalized spacial score (nSPS) is 13.3. The van der Waals surface area contributed by atoms with Crippen molar-refractivity contribution in [2.24, 2.45) is 0 Å². The van der Waals surface area contributed by atoms with Crippen LogP contribution < -0.4 is 5.73 Å². The van der Waals surface area contributed by atoms with Crippen molar-refractivity contribution < 1.29 is 0 Å². The van der Waals surface area contributed by atoms with E-state index in [1.807, 2.05) is 0 Å². The van der Waals surface area contributed by atoms with E-state index in [1.54, 1.807) is 11.3 Å². The Morgan fingerprint density at radius 1 is 1.00 bits per heavy atom. The lowest BCUT2D eigenvalue weighted by Crippen LogP contribution is -2.16. The molecule has 0 unspecified atom stereocenters. The van der Waals surface area contributed by atoms with E-state index in [-0.39, 0.29) is 10.8 Å². The Balaban J connectivity index is 3.19. The average Bonchev–Trinajstić information content (AvgIpc) is 2.27. The fourth-order valence-corrected chi connectivity index (χ4v) is 2.29. The maximum absolute atomic E-state index is 5.98. The van der Waals surface area contributed by atoms with Crippen LogP contribution >= 0.6 is 11.3 Å². The minimum atomic E-state index is 0.0457. The van der Waals surface area contributed by atoms with E-state index in [1.165, 1.54) is 0 Å². The highest BCUT2D eigenvalue weighted by Crippen LogP contribution is 2.36. The molecular weight excluding hydrogens is 192 g/mol. The molecule has 0 aliphatic heterocycles. The first kappa shape index (κ1) is 11.5. The highest BCUT2D eigenvalue weighted by molar-refractivity contribution is 7.15. The maximum atomic E-state index is 5.98. The summed E-state index contributed by atoms with van der Waals surface area (Å²) in [5.74, 6) is 0. The van der Waals surface area contributed by atoms with Gasteiger partial charge in [-0.3, -0.25) is 0 Å². The summed E-state index contributed by atoms with van der Waals surface area (Å²) < 4.78 is 0. The highest BCUT2D eigenvalue weighted by atomic mass is 32.1. The molecule has 2 N–H and O–H groups in total. The lowest BCUT2D eigenvalue weighted by atomic mass is 9.92. The smallest absolute Gasteiger partial charge is 0.110 e. The van der Waals surface area contributed by atoms with Gasteiger partial charge in [-0.15, -0.1) is 11.3 Å². The third-order valence-corrected chi connectivity index (χ3v) is 3.32. The van der Waals surface area contributed by atoms with Crippen LogP contribution in [0, 0.1) is 0 Å². The predicted molar refractivity (Wildman–Crippen MR) is 63.9 cm³/mol. The van der Waals surface area contributed by atoms with Crippen molar-refractivity contribution in [2.45, 2.75) is 52.4 Å². The summed E-state index contributed by atoms with van der Waals surface area (Å²) in [6.45, 7) is 12.9. The van der Waals surface area contributed by atoms with Crippen LogP contribution in [0.25, 0.3) is 0 Å². The van der Waals surface area contributed by atoms with Gasteiger partial charge in [-0.1, -0.05) is 41.5 Å². The van der Waals surface area contributed by atoms with E-state index in [4.69, 9.17) is 5.73 Å². The first-order valence-corrected chi connectivity index (χ1v) is 5.71. The zero-order valence-electron chi connectivity index (χ0n) is 9.93. The quantitative estimate of drug-likeness (QED) is 0.716. The molecule has 0 saturated heterocycles. The summed E-state index contributed by atoms with van der Waals surface area (Å²) in [4.78, 5) is 4.65. The average molecular weight is 212 g/mol. The summed E-state index contributed by atoms with van der Waals surface area (Å²) in [6.07, 6.45) is 0. The molecule has 14 heavy (non-hydrogen) atoms. The molecule has 0 radical (unpaired) electrons. The van der Waals surface area contributed by atoms with Crippen molar-refractivity contribution in [1.29, 1.82) is 0 Å². The second-order valence-corrected chi connectivity index (χ2v) is 6.76. The van der Waals surface area contributed by atoms with E-state index < -0.39 is 0 Å². The molecule has 0 fully saturated rings. The molecule has 0 saturated carbocycles. The van der Waals surface area contributed by atoms with Crippen LogP contribution in [0.1, 0.15) is 52.2 Å². The number of rotatable bonds is 0. The molecule has 0 aromatic carbocycles. The Labute approximate surface area is 90.6 Å². The third kappa shape index (κ3) is 2.27. The summed E-state index contributed by atoms with van der Waals surface area (Å²) >= 11 is 1.61. The number of nitrogen functional groups attached to an aromatic ring is 1. The molecule has 1 rings (SSSR count). The first-order chi connectivity index (χ1) is 6.12. The lowest BCUT2D eigenvalue weighted by molar-refractivity contribution is 0.548. The van der Waals surface area contributed by atoms with Gasteiger partial charge in [0.25, 0.3) is 0 Å². The predicted octanol–water partition coefficient (Wildman–Crippen LogP) is 3.32. The molecule has 1 aromatic heterocycles. The van der Waals surface area contributed by atoms with Crippen molar-refractivity contribution in [3.8, 4) is 0 Å². The third-order valence-electron chi connectivity index (χ3n) is 2.01. The monoisotopic (exact) mass is 212 g/mol. The van der Waals surface area contributed by atoms with Gasteiger partial charge in [-0.05, 0) is 0 Å². The number of hydrogen-bond acceptors (Lipinski definition) is 3. The summed E-state index contributed by atoms with van der Waals surface area (Å²) in [6, 6.07) is 0. The van der Waals surface area contributed by atoms with Gasteiger partial charge in [-0.25, -0.2) is 4.98 Å². The Hall–Kier alpha value is -0.570. The zero-order valence-corrected chi connectivity index (χ0v) is 10.7. The number of nitrogens with zero attached hydrogens (tertiary/aromatic N) is 1. The van der Waals surface area contributed by atoms with Crippen LogP contribution in [0.2, 0.25) is 0 Å². The molecule has 0 bridgehead atoms. The van der Waals surface area contributed by atoms with Crippen LogP contribution in [0.5, 0.6) is 0 Å². The van der Waals surface area contributed by atoms with Crippen LogP contribution in [0.4, 0.5) is 5.00 Å². The van der Waals surface area contributed by atoms with E-state index in [9.17, 15) is 0 Å². The first-order valence-electron chi connectivity index (χ1n) is 4.89. The summed E-state index contributed by atoms with van der Waals surface area (Å²) in [5, 5.41) is 1.99. The van der Waals surface area contributed by atoms with Gasteiger partial charge in [0, 0.05) is 10.8 Å². The SMILES string of the molecule is CC(C)(C)c1nc(C(C)(C)C)c(N)s1. The fourth-order valence-electron chi connectivity index (χ4n) is 1.19.